The first-order chi connectivity index (χ1) is 11.6. The van der Waals surface area contributed by atoms with Crippen molar-refractivity contribution in [1.29, 1.82) is 0 Å². The molecule has 3 aromatic rings. The number of aromatic amines is 1. The fourth-order valence-electron chi connectivity index (χ4n) is 3.71. The van der Waals surface area contributed by atoms with E-state index in [-0.39, 0.29) is 11.5 Å². The number of rotatable bonds is 2. The Morgan fingerprint density at radius 2 is 1.58 bits per heavy atom. The normalized spacial score (nSPS) is 14.3. The maximum atomic E-state index is 10.8. The van der Waals surface area contributed by atoms with Gasteiger partial charge in [0, 0.05) is 16.7 Å². The summed E-state index contributed by atoms with van der Waals surface area (Å²) in [5, 5.41) is 29.4. The number of benzene rings is 2. The average molecular weight is 322 g/mol. The van der Waals surface area contributed by atoms with Crippen LogP contribution in [0.15, 0.2) is 24.3 Å². The van der Waals surface area contributed by atoms with Gasteiger partial charge < -0.3 is 10.2 Å². The molecule has 0 bridgehead atoms. The number of aromatic nitrogens is 2. The minimum absolute atomic E-state index is 0.245. The van der Waals surface area contributed by atoms with Gasteiger partial charge >= 0.3 is 0 Å². The number of aromatic hydroxyl groups is 2. The largest absolute Gasteiger partial charge is 0.507 e. The fraction of sp³-hybridized carbons (Fsp3) is 0.350. The summed E-state index contributed by atoms with van der Waals surface area (Å²) in [7, 11) is 0. The van der Waals surface area contributed by atoms with Crippen molar-refractivity contribution in [1.82, 2.24) is 10.2 Å². The summed E-state index contributed by atoms with van der Waals surface area (Å²) >= 11 is 0. The summed E-state index contributed by atoms with van der Waals surface area (Å²) in [6, 6.07) is 8.24. The third kappa shape index (κ3) is 2.17. The van der Waals surface area contributed by atoms with Gasteiger partial charge in [-0.3, -0.25) is 5.10 Å². The summed E-state index contributed by atoms with van der Waals surface area (Å²) < 4.78 is 0. The van der Waals surface area contributed by atoms with Gasteiger partial charge in [0.05, 0.1) is 5.39 Å². The Morgan fingerprint density at radius 3 is 2.21 bits per heavy atom. The molecule has 0 atom stereocenters. The minimum atomic E-state index is 0.245. The van der Waals surface area contributed by atoms with Crippen LogP contribution in [0.2, 0.25) is 0 Å². The highest BCUT2D eigenvalue weighted by Crippen LogP contribution is 2.45. The van der Waals surface area contributed by atoms with Crippen molar-refractivity contribution in [3.63, 3.8) is 0 Å². The number of hydrogen-bond acceptors (Lipinski definition) is 3. The molecule has 4 rings (SSSR count). The van der Waals surface area contributed by atoms with Crippen LogP contribution in [0, 0.1) is 0 Å². The number of phenols is 2. The van der Waals surface area contributed by atoms with E-state index in [9.17, 15) is 10.2 Å². The number of phenolic OH excluding ortho intramolecular Hbond substituents is 2. The van der Waals surface area contributed by atoms with Crippen LogP contribution >= 0.6 is 0 Å². The van der Waals surface area contributed by atoms with Gasteiger partial charge in [-0.25, -0.2) is 0 Å². The first-order valence-corrected chi connectivity index (χ1v) is 8.62. The first kappa shape index (κ1) is 15.1. The molecule has 0 radical (unpaired) electrons. The number of hydrogen-bond donors (Lipinski definition) is 3. The topological polar surface area (TPSA) is 69.1 Å². The quantitative estimate of drug-likeness (QED) is 0.602. The second-order valence-electron chi connectivity index (χ2n) is 6.96. The fourth-order valence-corrected chi connectivity index (χ4v) is 3.71. The second-order valence-corrected chi connectivity index (χ2v) is 6.96. The second kappa shape index (κ2) is 5.55. The number of nitrogens with zero attached hydrogens (tertiary/aromatic N) is 1. The van der Waals surface area contributed by atoms with E-state index in [1.807, 2.05) is 12.1 Å². The van der Waals surface area contributed by atoms with Gasteiger partial charge in [-0.15, -0.1) is 0 Å². The van der Waals surface area contributed by atoms with Gasteiger partial charge in [-0.05, 0) is 37.2 Å². The molecule has 3 N–H and O–H groups in total. The zero-order chi connectivity index (χ0) is 16.8. The highest BCUT2D eigenvalue weighted by Gasteiger charge is 2.25. The predicted molar refractivity (Wildman–Crippen MR) is 95.6 cm³/mol. The van der Waals surface area contributed by atoms with E-state index in [1.54, 1.807) is 0 Å². The molecule has 0 fully saturated rings. The molecule has 0 spiro atoms. The summed E-state index contributed by atoms with van der Waals surface area (Å²) in [4.78, 5) is 0. The first-order valence-electron chi connectivity index (χ1n) is 8.62. The number of fused-ring (bicyclic) bond motifs is 2. The Morgan fingerprint density at radius 1 is 0.958 bits per heavy atom. The maximum absolute atomic E-state index is 10.8. The van der Waals surface area contributed by atoms with Crippen LogP contribution in [0.3, 0.4) is 0 Å². The van der Waals surface area contributed by atoms with Crippen molar-refractivity contribution in [3.8, 4) is 22.8 Å². The Kier molecular flexibility index (Phi) is 3.48. The van der Waals surface area contributed by atoms with Gasteiger partial charge in [0.2, 0.25) is 0 Å². The van der Waals surface area contributed by atoms with E-state index in [4.69, 9.17) is 0 Å². The molecule has 0 unspecified atom stereocenters. The Balaban J connectivity index is 1.92. The van der Waals surface area contributed by atoms with Crippen LogP contribution in [0.25, 0.3) is 22.2 Å². The predicted octanol–water partition coefficient (Wildman–Crippen LogP) is 4.64. The van der Waals surface area contributed by atoms with Crippen LogP contribution in [0.5, 0.6) is 11.5 Å². The maximum Gasteiger partial charge on any atom is 0.144 e. The third-order valence-electron chi connectivity index (χ3n) is 5.13. The van der Waals surface area contributed by atoms with Crippen molar-refractivity contribution in [2.24, 2.45) is 0 Å². The highest BCUT2D eigenvalue weighted by atomic mass is 16.3. The van der Waals surface area contributed by atoms with Crippen molar-refractivity contribution >= 4 is 10.9 Å². The number of H-pyrrole nitrogens is 1. The Labute approximate surface area is 141 Å². The molecule has 0 aliphatic heterocycles. The molecule has 24 heavy (non-hydrogen) atoms. The summed E-state index contributed by atoms with van der Waals surface area (Å²) in [5.74, 6) is 0.990. The van der Waals surface area contributed by atoms with Crippen molar-refractivity contribution in [2.75, 3.05) is 0 Å². The minimum Gasteiger partial charge on any atom is -0.507 e. The van der Waals surface area contributed by atoms with Gasteiger partial charge in [-0.1, -0.05) is 38.1 Å². The van der Waals surface area contributed by atoms with Gasteiger partial charge in [0.25, 0.3) is 0 Å². The lowest BCUT2D eigenvalue weighted by atomic mass is 9.88. The van der Waals surface area contributed by atoms with E-state index in [1.165, 1.54) is 5.56 Å². The standard InChI is InChI=1S/C20H22N2O2/c1-11(2)12-7-9-13(10-8-12)17-16-18(22-21-17)20(24)15-6-4-3-5-14(15)19(16)23/h7-11,23-24H,3-6H2,1-2H3,(H,21,22). The Bertz CT molecular complexity index is 908. The smallest absolute Gasteiger partial charge is 0.144 e. The molecule has 1 aliphatic carbocycles. The van der Waals surface area contributed by atoms with E-state index in [0.29, 0.717) is 22.5 Å². The van der Waals surface area contributed by atoms with Gasteiger partial charge in [0.1, 0.15) is 22.7 Å². The summed E-state index contributed by atoms with van der Waals surface area (Å²) in [6.07, 6.45) is 3.70. The Hall–Kier alpha value is -2.49. The van der Waals surface area contributed by atoms with E-state index < -0.39 is 0 Å². The molecule has 0 amide bonds. The zero-order valence-electron chi connectivity index (χ0n) is 14.1. The van der Waals surface area contributed by atoms with Crippen LogP contribution in [0.1, 0.15) is 49.3 Å². The molecule has 1 aromatic heterocycles. The van der Waals surface area contributed by atoms with Crippen LogP contribution in [-0.2, 0) is 12.8 Å². The lowest BCUT2D eigenvalue weighted by Crippen LogP contribution is -2.03. The van der Waals surface area contributed by atoms with Crippen LogP contribution in [-0.4, -0.2) is 20.4 Å². The van der Waals surface area contributed by atoms with Crippen LogP contribution in [0.4, 0.5) is 0 Å². The average Bonchev–Trinajstić information content (AvgIpc) is 3.05. The molecule has 1 aliphatic rings. The van der Waals surface area contributed by atoms with Crippen molar-refractivity contribution in [3.05, 3.63) is 41.0 Å². The molecule has 4 nitrogen and oxygen atoms in total. The van der Waals surface area contributed by atoms with Crippen molar-refractivity contribution in [2.45, 2.75) is 45.4 Å². The molecule has 2 aromatic carbocycles. The zero-order valence-corrected chi connectivity index (χ0v) is 14.1. The molecule has 124 valence electrons. The van der Waals surface area contributed by atoms with Crippen LogP contribution < -0.4 is 0 Å². The molecule has 0 saturated heterocycles. The SMILES string of the molecule is CC(C)c1ccc(-c2n[nH]c3c(O)c4c(c(O)c23)CCCC4)cc1. The van der Waals surface area contributed by atoms with E-state index >= 15 is 0 Å². The van der Waals surface area contributed by atoms with Crippen molar-refractivity contribution < 1.29 is 10.2 Å². The van der Waals surface area contributed by atoms with E-state index in [2.05, 4.69) is 36.2 Å². The highest BCUT2D eigenvalue weighted by molar-refractivity contribution is 6.02. The number of nitrogens with one attached hydrogen (secondary N) is 1. The van der Waals surface area contributed by atoms with Gasteiger partial charge in [-0.2, -0.15) is 5.10 Å². The van der Waals surface area contributed by atoms with Gasteiger partial charge in [0.15, 0.2) is 0 Å². The third-order valence-corrected chi connectivity index (χ3v) is 5.13. The molecule has 0 saturated carbocycles. The molecular formula is C20H22N2O2. The summed E-state index contributed by atoms with van der Waals surface area (Å²) in [5.41, 5.74) is 5.20. The lowest BCUT2D eigenvalue weighted by Gasteiger charge is -2.19. The molecule has 4 heteroatoms. The lowest BCUT2D eigenvalue weighted by molar-refractivity contribution is 0.448. The summed E-state index contributed by atoms with van der Waals surface area (Å²) in [6.45, 7) is 4.32. The molecule has 1 heterocycles. The molecular weight excluding hydrogens is 300 g/mol. The van der Waals surface area contributed by atoms with E-state index in [0.717, 1.165) is 42.4 Å². The monoisotopic (exact) mass is 322 g/mol.